The second kappa shape index (κ2) is 9.34. The van der Waals surface area contributed by atoms with Gasteiger partial charge in [-0.2, -0.15) is 0 Å². The molecule has 1 aromatic heterocycles. The number of hydrogen-bond acceptors (Lipinski definition) is 3. The van der Waals surface area contributed by atoms with Crippen molar-refractivity contribution in [1.29, 1.82) is 0 Å². The van der Waals surface area contributed by atoms with E-state index in [1.807, 2.05) is 24.4 Å². The zero-order valence-corrected chi connectivity index (χ0v) is 12.8. The van der Waals surface area contributed by atoms with Crippen molar-refractivity contribution in [2.75, 3.05) is 33.4 Å². The lowest BCUT2D eigenvalue weighted by molar-refractivity contribution is 0.123. The lowest BCUT2D eigenvalue weighted by atomic mass is 10.3. The molecule has 0 bridgehead atoms. The van der Waals surface area contributed by atoms with Crippen LogP contribution in [-0.2, 0) is 11.2 Å². The number of aliphatic imine (C=N–C) groups is 1. The summed E-state index contributed by atoms with van der Waals surface area (Å²) < 4.78 is 5.60. The van der Waals surface area contributed by atoms with Crippen molar-refractivity contribution in [3.8, 4) is 0 Å². The minimum Gasteiger partial charge on any atom is -0.381 e. The highest BCUT2D eigenvalue weighted by atomic mass is 16.5. The Kier molecular flexibility index (Phi) is 7.01. The predicted molar refractivity (Wildman–Crippen MR) is 85.5 cm³/mol. The van der Waals surface area contributed by atoms with Crippen LogP contribution in [0.4, 0.5) is 0 Å². The number of guanidine groups is 1. The molecule has 0 saturated heterocycles. The number of nitrogens with zero attached hydrogens (tertiary/aromatic N) is 2. The van der Waals surface area contributed by atoms with E-state index in [0.717, 1.165) is 56.7 Å². The zero-order valence-electron chi connectivity index (χ0n) is 12.8. The summed E-state index contributed by atoms with van der Waals surface area (Å²) in [6, 6.07) is 5.98. The van der Waals surface area contributed by atoms with E-state index in [-0.39, 0.29) is 0 Å². The molecule has 0 aliphatic heterocycles. The second-order valence-electron chi connectivity index (χ2n) is 5.37. The van der Waals surface area contributed by atoms with E-state index >= 15 is 0 Å². The van der Waals surface area contributed by atoms with Gasteiger partial charge in [0.2, 0.25) is 0 Å². The lowest BCUT2D eigenvalue weighted by Gasteiger charge is -2.11. The molecule has 0 spiro atoms. The maximum atomic E-state index is 5.60. The second-order valence-corrected chi connectivity index (χ2v) is 5.37. The fraction of sp³-hybridized carbons (Fsp3) is 0.625. The molecule has 0 amide bonds. The topological polar surface area (TPSA) is 58.5 Å². The average molecular weight is 290 g/mol. The highest BCUT2D eigenvalue weighted by Gasteiger charge is 2.20. The Balaban J connectivity index is 1.49. The van der Waals surface area contributed by atoms with Crippen LogP contribution in [-0.4, -0.2) is 44.3 Å². The molecule has 1 heterocycles. The van der Waals surface area contributed by atoms with Crippen LogP contribution in [0, 0.1) is 5.92 Å². The van der Waals surface area contributed by atoms with Gasteiger partial charge in [-0.1, -0.05) is 6.07 Å². The van der Waals surface area contributed by atoms with E-state index in [1.165, 1.54) is 12.8 Å². The summed E-state index contributed by atoms with van der Waals surface area (Å²) in [6.07, 6.45) is 6.43. The van der Waals surface area contributed by atoms with Crippen molar-refractivity contribution in [1.82, 2.24) is 15.6 Å². The highest BCUT2D eigenvalue weighted by molar-refractivity contribution is 5.79. The van der Waals surface area contributed by atoms with E-state index in [4.69, 9.17) is 4.74 Å². The molecule has 0 atom stereocenters. The molecule has 5 nitrogen and oxygen atoms in total. The Hall–Kier alpha value is -1.62. The number of pyridine rings is 1. The van der Waals surface area contributed by atoms with Crippen molar-refractivity contribution in [3.63, 3.8) is 0 Å². The summed E-state index contributed by atoms with van der Waals surface area (Å²) in [5.74, 6) is 1.69. The molecule has 5 heteroatoms. The molecule has 2 N–H and O–H groups in total. The van der Waals surface area contributed by atoms with Crippen LogP contribution < -0.4 is 10.6 Å². The largest absolute Gasteiger partial charge is 0.381 e. The Labute approximate surface area is 127 Å². The Morgan fingerprint density at radius 3 is 2.90 bits per heavy atom. The molecule has 1 fully saturated rings. The molecular formula is C16H26N4O. The van der Waals surface area contributed by atoms with E-state index in [9.17, 15) is 0 Å². The minimum atomic E-state index is 0.828. The van der Waals surface area contributed by atoms with Crippen LogP contribution in [0.1, 0.15) is 25.0 Å². The first-order valence-electron chi connectivity index (χ1n) is 7.80. The van der Waals surface area contributed by atoms with Crippen LogP contribution in [0.25, 0.3) is 0 Å². The van der Waals surface area contributed by atoms with Gasteiger partial charge in [0.25, 0.3) is 0 Å². The van der Waals surface area contributed by atoms with Gasteiger partial charge in [-0.3, -0.25) is 9.98 Å². The summed E-state index contributed by atoms with van der Waals surface area (Å²) in [4.78, 5) is 8.51. The molecule has 0 unspecified atom stereocenters. The average Bonchev–Trinajstić information content (AvgIpc) is 3.34. The van der Waals surface area contributed by atoms with Crippen molar-refractivity contribution < 1.29 is 4.74 Å². The standard InChI is InChI=1S/C16H26N4O/c1-17-16(19-10-4-12-21-13-14-6-7-14)20-11-8-15-5-2-3-9-18-15/h2-3,5,9,14H,4,6-8,10-13H2,1H3,(H2,17,19,20). The number of ether oxygens (including phenoxy) is 1. The van der Waals surface area contributed by atoms with Crippen molar-refractivity contribution in [2.45, 2.75) is 25.7 Å². The van der Waals surface area contributed by atoms with Crippen molar-refractivity contribution in [3.05, 3.63) is 30.1 Å². The smallest absolute Gasteiger partial charge is 0.190 e. The molecule has 1 aromatic rings. The van der Waals surface area contributed by atoms with Crippen molar-refractivity contribution in [2.24, 2.45) is 10.9 Å². The third-order valence-electron chi connectivity index (χ3n) is 3.43. The monoisotopic (exact) mass is 290 g/mol. The first-order valence-corrected chi connectivity index (χ1v) is 7.80. The van der Waals surface area contributed by atoms with Gasteiger partial charge in [0.05, 0.1) is 0 Å². The molecule has 1 aliphatic carbocycles. The molecule has 1 aliphatic rings. The summed E-state index contributed by atoms with van der Waals surface area (Å²) in [6.45, 7) is 3.48. The fourth-order valence-corrected chi connectivity index (χ4v) is 1.99. The first kappa shape index (κ1) is 15.8. The van der Waals surface area contributed by atoms with Gasteiger partial charge in [-0.15, -0.1) is 0 Å². The number of hydrogen-bond donors (Lipinski definition) is 2. The number of nitrogens with one attached hydrogen (secondary N) is 2. The van der Waals surface area contributed by atoms with Crippen LogP contribution in [0.15, 0.2) is 29.4 Å². The van der Waals surface area contributed by atoms with Crippen LogP contribution in [0.3, 0.4) is 0 Å². The maximum Gasteiger partial charge on any atom is 0.190 e. The molecule has 0 aromatic carbocycles. The van der Waals surface area contributed by atoms with Crippen LogP contribution >= 0.6 is 0 Å². The highest BCUT2D eigenvalue weighted by Crippen LogP contribution is 2.28. The Morgan fingerprint density at radius 2 is 2.19 bits per heavy atom. The molecule has 21 heavy (non-hydrogen) atoms. The summed E-state index contributed by atoms with van der Waals surface area (Å²) >= 11 is 0. The molecular weight excluding hydrogens is 264 g/mol. The zero-order chi connectivity index (χ0) is 14.8. The Bertz CT molecular complexity index is 418. The SMILES string of the molecule is CN=C(NCCCOCC1CC1)NCCc1ccccn1. The van der Waals surface area contributed by atoms with Gasteiger partial charge in [0, 0.05) is 51.7 Å². The molecule has 0 radical (unpaired) electrons. The molecule has 116 valence electrons. The maximum absolute atomic E-state index is 5.60. The first-order chi connectivity index (χ1) is 10.4. The summed E-state index contributed by atoms with van der Waals surface area (Å²) in [5, 5.41) is 6.59. The van der Waals surface area contributed by atoms with Gasteiger partial charge >= 0.3 is 0 Å². The van der Waals surface area contributed by atoms with Gasteiger partial charge in [0.1, 0.15) is 0 Å². The van der Waals surface area contributed by atoms with E-state index in [0.29, 0.717) is 0 Å². The van der Waals surface area contributed by atoms with Crippen LogP contribution in [0.5, 0.6) is 0 Å². The van der Waals surface area contributed by atoms with Gasteiger partial charge < -0.3 is 15.4 Å². The van der Waals surface area contributed by atoms with Gasteiger partial charge in [-0.25, -0.2) is 0 Å². The lowest BCUT2D eigenvalue weighted by Crippen LogP contribution is -2.39. The number of rotatable bonds is 9. The van der Waals surface area contributed by atoms with E-state index < -0.39 is 0 Å². The van der Waals surface area contributed by atoms with Crippen molar-refractivity contribution >= 4 is 5.96 Å². The van der Waals surface area contributed by atoms with E-state index in [2.05, 4.69) is 20.6 Å². The quantitative estimate of drug-likeness (QED) is 0.412. The normalized spacial score (nSPS) is 15.0. The van der Waals surface area contributed by atoms with Gasteiger partial charge in [-0.05, 0) is 37.3 Å². The Morgan fingerprint density at radius 1 is 1.33 bits per heavy atom. The van der Waals surface area contributed by atoms with Gasteiger partial charge in [0.15, 0.2) is 5.96 Å². The predicted octanol–water partition coefficient (Wildman–Crippen LogP) is 1.61. The molecule has 2 rings (SSSR count). The summed E-state index contributed by atoms with van der Waals surface area (Å²) in [7, 11) is 1.79. The third-order valence-corrected chi connectivity index (χ3v) is 3.43. The summed E-state index contributed by atoms with van der Waals surface area (Å²) in [5.41, 5.74) is 1.09. The fourth-order valence-electron chi connectivity index (χ4n) is 1.99. The minimum absolute atomic E-state index is 0.828. The molecule has 1 saturated carbocycles. The number of aromatic nitrogens is 1. The third kappa shape index (κ3) is 7.09. The van der Waals surface area contributed by atoms with Crippen LogP contribution in [0.2, 0.25) is 0 Å². The van der Waals surface area contributed by atoms with E-state index in [1.54, 1.807) is 7.05 Å².